The summed E-state index contributed by atoms with van der Waals surface area (Å²) in [5, 5.41) is 4.39. The smallest absolute Gasteiger partial charge is 0.265 e. The van der Waals surface area contributed by atoms with Gasteiger partial charge in [0.2, 0.25) is 0 Å². The minimum Gasteiger partial charge on any atom is -0.355 e. The number of alkyl halides is 2. The summed E-state index contributed by atoms with van der Waals surface area (Å²) in [5.41, 5.74) is 4.06. The number of halogens is 3. The molecule has 5 rings (SSSR count). The summed E-state index contributed by atoms with van der Waals surface area (Å²) in [7, 11) is 0. The molecule has 1 saturated heterocycles. The van der Waals surface area contributed by atoms with Crippen LogP contribution in [-0.2, 0) is 12.8 Å². The first-order chi connectivity index (χ1) is 13.5. The van der Waals surface area contributed by atoms with Crippen LogP contribution < -0.4 is 4.90 Å². The number of fused-ring (bicyclic) bond motifs is 2. The van der Waals surface area contributed by atoms with Gasteiger partial charge < -0.3 is 4.90 Å². The summed E-state index contributed by atoms with van der Waals surface area (Å²) in [6.07, 6.45) is 4.40. The maximum Gasteiger partial charge on any atom is 0.265 e. The van der Waals surface area contributed by atoms with Crippen molar-refractivity contribution in [3.05, 3.63) is 51.6 Å². The molecule has 0 N–H and O–H groups in total. The van der Waals surface area contributed by atoms with Gasteiger partial charge >= 0.3 is 0 Å². The molecule has 4 heterocycles. The maximum absolute atomic E-state index is 13.0. The minimum absolute atomic E-state index is 0.0332. The van der Waals surface area contributed by atoms with Gasteiger partial charge in [-0.25, -0.2) is 18.3 Å². The lowest BCUT2D eigenvalue weighted by molar-refractivity contribution is 0.151. The van der Waals surface area contributed by atoms with Crippen LogP contribution in [0.1, 0.15) is 41.8 Å². The van der Waals surface area contributed by atoms with Gasteiger partial charge in [-0.2, -0.15) is 5.10 Å². The Kier molecular flexibility index (Phi) is 4.15. The zero-order chi connectivity index (χ0) is 19.5. The molecule has 0 aromatic carbocycles. The molecule has 8 heteroatoms. The molecule has 0 saturated carbocycles. The van der Waals surface area contributed by atoms with Crippen molar-refractivity contribution in [3.8, 4) is 0 Å². The molecule has 0 unspecified atom stereocenters. The third-order valence-electron chi connectivity index (χ3n) is 6.19. The number of piperidine rings is 1. The summed E-state index contributed by atoms with van der Waals surface area (Å²) in [6, 6.07) is 3.64. The minimum atomic E-state index is -2.46. The second-order valence-corrected chi connectivity index (χ2v) is 8.71. The normalized spacial score (nSPS) is 18.4. The largest absolute Gasteiger partial charge is 0.355 e. The fourth-order valence-electron chi connectivity index (χ4n) is 4.63. The molecule has 28 heavy (non-hydrogen) atoms. The predicted octanol–water partition coefficient (Wildman–Crippen LogP) is 4.52. The number of nitrogens with zero attached hydrogens (tertiary/aromatic N) is 5. The number of anilines is 1. The monoisotopic (exact) mass is 447 g/mol. The van der Waals surface area contributed by atoms with Crippen molar-refractivity contribution in [1.82, 2.24) is 19.6 Å². The fourth-order valence-corrected chi connectivity index (χ4v) is 5.01. The van der Waals surface area contributed by atoms with Gasteiger partial charge in [-0.1, -0.05) is 0 Å². The Labute approximate surface area is 169 Å². The van der Waals surface area contributed by atoms with Crippen molar-refractivity contribution in [2.45, 2.75) is 39.0 Å². The van der Waals surface area contributed by atoms with Crippen LogP contribution in [0.2, 0.25) is 0 Å². The van der Waals surface area contributed by atoms with Crippen molar-refractivity contribution < 1.29 is 8.78 Å². The summed E-state index contributed by atoms with van der Waals surface area (Å²) in [5.74, 6) is 0.960. The Morgan fingerprint density at radius 1 is 1.21 bits per heavy atom. The molecule has 3 aromatic heterocycles. The second-order valence-electron chi connectivity index (χ2n) is 7.96. The fraction of sp³-hybridized carbons (Fsp3) is 0.450. The third kappa shape index (κ3) is 2.80. The molecule has 5 nitrogen and oxygen atoms in total. The van der Waals surface area contributed by atoms with Crippen LogP contribution in [0.15, 0.2) is 29.1 Å². The summed E-state index contributed by atoms with van der Waals surface area (Å²) < 4.78 is 28.8. The highest BCUT2D eigenvalue weighted by atomic mass is 79.9. The lowest BCUT2D eigenvalue weighted by Gasteiger charge is -2.40. The van der Waals surface area contributed by atoms with Gasteiger partial charge in [0.05, 0.1) is 11.9 Å². The van der Waals surface area contributed by atoms with Gasteiger partial charge in [0, 0.05) is 30.5 Å². The SMILES string of the molecule is Cc1nc(N2CCC3(CC2)Cc2cc(C(F)F)cnc2C3)c2ccnn2c1Br. The van der Waals surface area contributed by atoms with Crippen molar-refractivity contribution in [2.75, 3.05) is 18.0 Å². The van der Waals surface area contributed by atoms with Crippen molar-refractivity contribution in [2.24, 2.45) is 5.41 Å². The van der Waals surface area contributed by atoms with Crippen LogP contribution in [0.25, 0.3) is 5.52 Å². The number of hydrogen-bond acceptors (Lipinski definition) is 4. The number of pyridine rings is 1. The molecular weight excluding hydrogens is 428 g/mol. The van der Waals surface area contributed by atoms with Gasteiger partial charge in [-0.15, -0.1) is 0 Å². The summed E-state index contributed by atoms with van der Waals surface area (Å²) in [4.78, 5) is 11.5. The first-order valence-corrected chi connectivity index (χ1v) is 10.3. The van der Waals surface area contributed by atoms with E-state index in [1.165, 1.54) is 6.20 Å². The van der Waals surface area contributed by atoms with Crippen molar-refractivity contribution in [1.29, 1.82) is 0 Å². The second kappa shape index (κ2) is 6.47. The highest BCUT2D eigenvalue weighted by molar-refractivity contribution is 9.10. The van der Waals surface area contributed by atoms with E-state index >= 15 is 0 Å². The van der Waals surface area contributed by atoms with Gasteiger partial charge in [-0.05, 0) is 71.6 Å². The standard InChI is InChI=1S/C20H20BrF2N5/c1-12-17(21)28-16(2-5-25-28)19(26-12)27-6-3-20(4-7-27)9-13-8-14(18(22)23)11-24-15(13)10-20/h2,5,8,11,18H,3-4,6-7,9-10H2,1H3. The van der Waals surface area contributed by atoms with Crippen LogP contribution in [0, 0.1) is 12.3 Å². The first kappa shape index (κ1) is 18.0. The van der Waals surface area contributed by atoms with Crippen molar-refractivity contribution >= 4 is 27.3 Å². The Hall–Kier alpha value is -2.09. The van der Waals surface area contributed by atoms with Crippen LogP contribution in [0.5, 0.6) is 0 Å². The topological polar surface area (TPSA) is 46.3 Å². The van der Waals surface area contributed by atoms with E-state index in [0.29, 0.717) is 0 Å². The van der Waals surface area contributed by atoms with Crippen LogP contribution in [0.4, 0.5) is 14.6 Å². The van der Waals surface area contributed by atoms with E-state index in [1.807, 2.05) is 17.5 Å². The molecule has 3 aromatic rings. The van der Waals surface area contributed by atoms with E-state index in [9.17, 15) is 8.78 Å². The Morgan fingerprint density at radius 2 is 2.00 bits per heavy atom. The number of aromatic nitrogens is 4. The van der Waals surface area contributed by atoms with E-state index in [1.54, 1.807) is 12.3 Å². The molecule has 1 spiro atoms. The summed E-state index contributed by atoms with van der Waals surface area (Å²) in [6.45, 7) is 3.76. The molecule has 0 radical (unpaired) electrons. The highest BCUT2D eigenvalue weighted by Crippen LogP contribution is 2.45. The van der Waals surface area contributed by atoms with Gasteiger partial charge in [0.1, 0.15) is 10.1 Å². The zero-order valence-corrected chi connectivity index (χ0v) is 17.1. The van der Waals surface area contributed by atoms with Crippen LogP contribution in [-0.4, -0.2) is 32.7 Å². The number of aryl methyl sites for hydroxylation is 1. The highest BCUT2D eigenvalue weighted by Gasteiger charge is 2.41. The summed E-state index contributed by atoms with van der Waals surface area (Å²) >= 11 is 3.56. The lowest BCUT2D eigenvalue weighted by atomic mass is 9.76. The van der Waals surface area contributed by atoms with Crippen LogP contribution >= 0.6 is 15.9 Å². The quantitative estimate of drug-likeness (QED) is 0.579. The Balaban J connectivity index is 1.38. The average molecular weight is 448 g/mol. The molecule has 0 amide bonds. The predicted molar refractivity (Wildman–Crippen MR) is 106 cm³/mol. The third-order valence-corrected chi connectivity index (χ3v) is 7.10. The molecule has 1 aliphatic heterocycles. The van der Waals surface area contributed by atoms with E-state index in [-0.39, 0.29) is 11.0 Å². The van der Waals surface area contributed by atoms with E-state index in [2.05, 4.69) is 30.9 Å². The van der Waals surface area contributed by atoms with E-state index in [4.69, 9.17) is 4.98 Å². The van der Waals surface area contributed by atoms with Gasteiger partial charge in [0.15, 0.2) is 5.82 Å². The van der Waals surface area contributed by atoms with Gasteiger partial charge in [-0.3, -0.25) is 4.98 Å². The van der Waals surface area contributed by atoms with Crippen LogP contribution in [0.3, 0.4) is 0 Å². The molecule has 146 valence electrons. The van der Waals surface area contributed by atoms with E-state index in [0.717, 1.165) is 71.7 Å². The average Bonchev–Trinajstić information content (AvgIpc) is 3.29. The lowest BCUT2D eigenvalue weighted by Crippen LogP contribution is -2.41. The molecule has 0 atom stereocenters. The number of hydrogen-bond donors (Lipinski definition) is 0. The van der Waals surface area contributed by atoms with E-state index < -0.39 is 6.43 Å². The van der Waals surface area contributed by atoms with Crippen molar-refractivity contribution in [3.63, 3.8) is 0 Å². The zero-order valence-electron chi connectivity index (χ0n) is 15.5. The molecule has 1 fully saturated rings. The molecule has 2 aliphatic rings. The molecule has 1 aliphatic carbocycles. The molecule has 0 bridgehead atoms. The Bertz CT molecular complexity index is 1060. The number of rotatable bonds is 2. The van der Waals surface area contributed by atoms with Gasteiger partial charge in [0.25, 0.3) is 6.43 Å². The Morgan fingerprint density at radius 3 is 2.75 bits per heavy atom. The molecular formula is C20H20BrF2N5. The first-order valence-electron chi connectivity index (χ1n) is 9.46. The maximum atomic E-state index is 13.0.